The Kier molecular flexibility index (Phi) is 3.22. The van der Waals surface area contributed by atoms with Gasteiger partial charge in [0.2, 0.25) is 0 Å². The minimum absolute atomic E-state index is 0.812. The van der Waals surface area contributed by atoms with Crippen molar-refractivity contribution in [3.63, 3.8) is 0 Å². The average Bonchev–Trinajstić information content (AvgIpc) is 2.39. The number of hydrogen-bond donors (Lipinski definition) is 0. The predicted molar refractivity (Wildman–Crippen MR) is 71.9 cm³/mol. The predicted octanol–water partition coefficient (Wildman–Crippen LogP) is 4.81. The SMILES string of the molecule is CC1CCC2CCCCC2C1c1c[c]ccc1. The molecule has 0 nitrogen and oxygen atoms in total. The maximum Gasteiger partial charge on any atom is -0.0105 e. The first-order chi connectivity index (χ1) is 8.36. The first-order valence-corrected chi connectivity index (χ1v) is 7.32. The summed E-state index contributed by atoms with van der Waals surface area (Å²) in [5, 5.41) is 0. The summed E-state index contributed by atoms with van der Waals surface area (Å²) in [6, 6.07) is 12.0. The maximum absolute atomic E-state index is 3.27. The van der Waals surface area contributed by atoms with Gasteiger partial charge < -0.3 is 0 Å². The third-order valence-corrected chi connectivity index (χ3v) is 5.15. The van der Waals surface area contributed by atoms with E-state index in [2.05, 4.69) is 31.2 Å². The van der Waals surface area contributed by atoms with Crippen molar-refractivity contribution >= 4 is 0 Å². The molecule has 1 aromatic carbocycles. The second kappa shape index (κ2) is 4.84. The summed E-state index contributed by atoms with van der Waals surface area (Å²) in [6.07, 6.45) is 8.81. The summed E-state index contributed by atoms with van der Waals surface area (Å²) in [6.45, 7) is 2.46. The van der Waals surface area contributed by atoms with E-state index in [0.29, 0.717) is 0 Å². The summed E-state index contributed by atoms with van der Waals surface area (Å²) < 4.78 is 0. The molecule has 0 amide bonds. The Bertz CT molecular complexity index is 354. The van der Waals surface area contributed by atoms with Crippen molar-refractivity contribution < 1.29 is 0 Å². The number of rotatable bonds is 1. The average molecular weight is 227 g/mol. The highest BCUT2D eigenvalue weighted by molar-refractivity contribution is 5.21. The van der Waals surface area contributed by atoms with E-state index in [4.69, 9.17) is 0 Å². The van der Waals surface area contributed by atoms with E-state index in [0.717, 1.165) is 23.7 Å². The van der Waals surface area contributed by atoms with Gasteiger partial charge in [0.1, 0.15) is 0 Å². The van der Waals surface area contributed by atoms with E-state index in [-0.39, 0.29) is 0 Å². The molecule has 0 aromatic heterocycles. The zero-order chi connectivity index (χ0) is 11.7. The van der Waals surface area contributed by atoms with Crippen molar-refractivity contribution in [1.82, 2.24) is 0 Å². The zero-order valence-electron chi connectivity index (χ0n) is 10.9. The minimum Gasteiger partial charge on any atom is -0.0619 e. The molecule has 0 heterocycles. The number of fused-ring (bicyclic) bond motifs is 1. The lowest BCUT2D eigenvalue weighted by atomic mass is 9.60. The van der Waals surface area contributed by atoms with Crippen molar-refractivity contribution in [2.45, 2.75) is 51.4 Å². The Balaban J connectivity index is 1.89. The van der Waals surface area contributed by atoms with Gasteiger partial charge in [-0.05, 0) is 54.6 Å². The molecule has 1 aromatic rings. The van der Waals surface area contributed by atoms with Gasteiger partial charge in [-0.15, -0.1) is 0 Å². The number of hydrogen-bond acceptors (Lipinski definition) is 0. The standard InChI is InChI=1S/C17H23/c1-13-11-12-14-7-5-6-10-16(14)17(13)15-8-3-2-4-9-15/h2-3,8-9,13-14,16-17H,5-7,10-12H2,1H3. The van der Waals surface area contributed by atoms with Gasteiger partial charge in [0, 0.05) is 0 Å². The minimum atomic E-state index is 0.812. The molecule has 3 rings (SSSR count). The molecule has 0 saturated heterocycles. The van der Waals surface area contributed by atoms with Crippen LogP contribution in [0.2, 0.25) is 0 Å². The summed E-state index contributed by atoms with van der Waals surface area (Å²) >= 11 is 0. The largest absolute Gasteiger partial charge is 0.0619 e. The quantitative estimate of drug-likeness (QED) is 0.646. The Hall–Kier alpha value is -0.780. The molecule has 2 saturated carbocycles. The van der Waals surface area contributed by atoms with Crippen molar-refractivity contribution in [1.29, 1.82) is 0 Å². The molecule has 0 bridgehead atoms. The van der Waals surface area contributed by atoms with Gasteiger partial charge in [0.15, 0.2) is 0 Å². The van der Waals surface area contributed by atoms with Crippen LogP contribution in [0.4, 0.5) is 0 Å². The van der Waals surface area contributed by atoms with E-state index in [1.807, 2.05) is 6.07 Å². The van der Waals surface area contributed by atoms with E-state index >= 15 is 0 Å². The summed E-state index contributed by atoms with van der Waals surface area (Å²) in [7, 11) is 0. The van der Waals surface area contributed by atoms with Crippen LogP contribution in [-0.2, 0) is 0 Å². The van der Waals surface area contributed by atoms with E-state index in [1.165, 1.54) is 38.5 Å². The van der Waals surface area contributed by atoms with Crippen molar-refractivity contribution in [3.8, 4) is 0 Å². The van der Waals surface area contributed by atoms with Gasteiger partial charge in [-0.25, -0.2) is 0 Å². The topological polar surface area (TPSA) is 0 Å². The fourth-order valence-electron chi connectivity index (χ4n) is 4.34. The lowest BCUT2D eigenvalue weighted by Crippen LogP contribution is -2.34. The van der Waals surface area contributed by atoms with Crippen LogP contribution in [0.15, 0.2) is 24.3 Å². The normalized spacial score (nSPS) is 37.5. The molecule has 0 heteroatoms. The third-order valence-electron chi connectivity index (χ3n) is 5.15. The molecular formula is C17H23. The summed E-state index contributed by atoms with van der Waals surface area (Å²) in [5.41, 5.74) is 1.55. The van der Waals surface area contributed by atoms with E-state index < -0.39 is 0 Å². The Labute approximate surface area is 105 Å². The van der Waals surface area contributed by atoms with Gasteiger partial charge in [0.05, 0.1) is 0 Å². The zero-order valence-corrected chi connectivity index (χ0v) is 10.9. The van der Waals surface area contributed by atoms with Gasteiger partial charge in [-0.1, -0.05) is 50.5 Å². The first-order valence-electron chi connectivity index (χ1n) is 7.32. The summed E-state index contributed by atoms with van der Waals surface area (Å²) in [4.78, 5) is 0. The Morgan fingerprint density at radius 2 is 2.00 bits per heavy atom. The van der Waals surface area contributed by atoms with Gasteiger partial charge in [-0.3, -0.25) is 0 Å². The fourth-order valence-corrected chi connectivity index (χ4v) is 4.34. The Morgan fingerprint density at radius 3 is 2.82 bits per heavy atom. The summed E-state index contributed by atoms with van der Waals surface area (Å²) in [5.74, 6) is 3.66. The molecule has 0 spiro atoms. The van der Waals surface area contributed by atoms with Crippen LogP contribution in [0.25, 0.3) is 0 Å². The molecule has 2 aliphatic carbocycles. The van der Waals surface area contributed by atoms with Crippen LogP contribution in [0.3, 0.4) is 0 Å². The molecule has 2 fully saturated rings. The van der Waals surface area contributed by atoms with Crippen molar-refractivity contribution in [2.75, 3.05) is 0 Å². The third kappa shape index (κ3) is 2.14. The van der Waals surface area contributed by atoms with Gasteiger partial charge in [-0.2, -0.15) is 0 Å². The van der Waals surface area contributed by atoms with Crippen LogP contribution < -0.4 is 0 Å². The molecule has 4 atom stereocenters. The maximum atomic E-state index is 3.27. The molecule has 0 aliphatic heterocycles. The number of benzene rings is 1. The highest BCUT2D eigenvalue weighted by atomic mass is 14.4. The second-order valence-corrected chi connectivity index (χ2v) is 6.13. The van der Waals surface area contributed by atoms with Gasteiger partial charge in [0.25, 0.3) is 0 Å². The molecule has 4 unspecified atom stereocenters. The smallest absolute Gasteiger partial charge is 0.0105 e. The van der Waals surface area contributed by atoms with Crippen LogP contribution in [-0.4, -0.2) is 0 Å². The lowest BCUT2D eigenvalue weighted by Gasteiger charge is -2.45. The van der Waals surface area contributed by atoms with Crippen LogP contribution in [0.5, 0.6) is 0 Å². The first kappa shape index (κ1) is 11.3. The van der Waals surface area contributed by atoms with E-state index in [9.17, 15) is 0 Å². The second-order valence-electron chi connectivity index (χ2n) is 6.13. The molecule has 17 heavy (non-hydrogen) atoms. The van der Waals surface area contributed by atoms with Crippen LogP contribution in [0, 0.1) is 23.8 Å². The van der Waals surface area contributed by atoms with E-state index in [1.54, 1.807) is 5.56 Å². The lowest BCUT2D eigenvalue weighted by molar-refractivity contribution is 0.107. The molecule has 0 N–H and O–H groups in total. The fraction of sp³-hybridized carbons (Fsp3) is 0.647. The Morgan fingerprint density at radius 1 is 1.12 bits per heavy atom. The molecular weight excluding hydrogens is 204 g/mol. The monoisotopic (exact) mass is 227 g/mol. The van der Waals surface area contributed by atoms with Crippen molar-refractivity contribution in [2.24, 2.45) is 17.8 Å². The highest BCUT2D eigenvalue weighted by Crippen LogP contribution is 2.50. The molecule has 2 aliphatic rings. The molecule has 91 valence electrons. The van der Waals surface area contributed by atoms with Crippen LogP contribution >= 0.6 is 0 Å². The van der Waals surface area contributed by atoms with Gasteiger partial charge >= 0.3 is 0 Å². The van der Waals surface area contributed by atoms with Crippen molar-refractivity contribution in [3.05, 3.63) is 35.9 Å². The molecule has 1 radical (unpaired) electrons. The van der Waals surface area contributed by atoms with Crippen LogP contribution in [0.1, 0.15) is 56.9 Å². The highest BCUT2D eigenvalue weighted by Gasteiger charge is 2.38.